The first kappa shape index (κ1) is 23.9. The smallest absolute Gasteiger partial charge is 0.249 e. The number of piperazine rings is 1. The largest absolute Gasteiger partial charge is 0.508 e. The van der Waals surface area contributed by atoms with Gasteiger partial charge in [0.15, 0.2) is 0 Å². The van der Waals surface area contributed by atoms with Crippen LogP contribution in [-0.2, 0) is 16.0 Å². The van der Waals surface area contributed by atoms with Crippen molar-refractivity contribution in [2.75, 3.05) is 39.8 Å². The molecule has 0 unspecified atom stereocenters. The van der Waals surface area contributed by atoms with Crippen LogP contribution in [0.15, 0.2) is 42.5 Å². The number of amides is 2. The lowest BCUT2D eigenvalue weighted by Gasteiger charge is -2.53. The topological polar surface area (TPSA) is 89.1 Å². The Kier molecular flexibility index (Phi) is 5.87. The van der Waals surface area contributed by atoms with Crippen LogP contribution in [0.25, 0.3) is 10.9 Å². The Morgan fingerprint density at radius 2 is 1.92 bits per heavy atom. The maximum absolute atomic E-state index is 14.1. The lowest BCUT2D eigenvalue weighted by atomic mass is 9.78. The number of nitrogens with zero attached hydrogens (tertiary/aromatic N) is 3. The van der Waals surface area contributed by atoms with Crippen molar-refractivity contribution < 1.29 is 19.4 Å². The Hall–Kier alpha value is -3.52. The van der Waals surface area contributed by atoms with E-state index < -0.39 is 11.6 Å². The van der Waals surface area contributed by atoms with Crippen molar-refractivity contribution in [3.63, 3.8) is 0 Å². The van der Waals surface area contributed by atoms with Crippen molar-refractivity contribution in [3.8, 4) is 11.5 Å². The van der Waals surface area contributed by atoms with Gasteiger partial charge in [-0.25, -0.2) is 0 Å². The number of carbonyl (C=O) groups excluding carboxylic acids is 2. The number of phenols is 1. The van der Waals surface area contributed by atoms with Gasteiger partial charge in [-0.1, -0.05) is 12.1 Å². The number of methoxy groups -OCH3 is 1. The molecular formula is C29H34N4O4. The highest BCUT2D eigenvalue weighted by atomic mass is 16.5. The van der Waals surface area contributed by atoms with Crippen LogP contribution in [-0.4, -0.2) is 82.0 Å². The number of likely N-dealkylation sites (tertiary alicyclic amines) is 1. The fourth-order valence-corrected chi connectivity index (χ4v) is 6.57. The minimum absolute atomic E-state index is 0.0124. The summed E-state index contributed by atoms with van der Waals surface area (Å²) in [5.41, 5.74) is 2.57. The van der Waals surface area contributed by atoms with Crippen molar-refractivity contribution in [1.29, 1.82) is 0 Å². The highest BCUT2D eigenvalue weighted by Gasteiger charge is 2.55. The van der Waals surface area contributed by atoms with Gasteiger partial charge in [-0.15, -0.1) is 0 Å². The number of benzene rings is 2. The Morgan fingerprint density at radius 3 is 2.68 bits per heavy atom. The molecule has 3 aromatic rings. The van der Waals surface area contributed by atoms with Crippen molar-refractivity contribution >= 4 is 22.7 Å². The molecule has 6 rings (SSSR count). The third-order valence-electron chi connectivity index (χ3n) is 8.36. The first-order chi connectivity index (χ1) is 17.9. The molecule has 0 radical (unpaired) electrons. The quantitative estimate of drug-likeness (QED) is 0.539. The summed E-state index contributed by atoms with van der Waals surface area (Å²) < 4.78 is 5.49. The predicted octanol–water partition coefficient (Wildman–Crippen LogP) is 3.44. The fraction of sp³-hybridized carbons (Fsp3) is 0.448. The number of aromatic nitrogens is 1. The van der Waals surface area contributed by atoms with Gasteiger partial charge in [0.05, 0.1) is 19.7 Å². The summed E-state index contributed by atoms with van der Waals surface area (Å²) in [6.07, 6.45) is 3.75. The van der Waals surface area contributed by atoms with Gasteiger partial charge in [0.25, 0.3) is 0 Å². The number of hydrogen-bond acceptors (Lipinski definition) is 5. The van der Waals surface area contributed by atoms with Crippen molar-refractivity contribution in [2.45, 2.75) is 44.2 Å². The number of aromatic amines is 1. The van der Waals surface area contributed by atoms with Gasteiger partial charge in [-0.05, 0) is 87.3 Å². The molecule has 8 heteroatoms. The van der Waals surface area contributed by atoms with Crippen molar-refractivity contribution in [1.82, 2.24) is 19.7 Å². The zero-order valence-corrected chi connectivity index (χ0v) is 21.5. The van der Waals surface area contributed by atoms with E-state index in [-0.39, 0.29) is 24.1 Å². The molecule has 0 saturated carbocycles. The molecule has 2 fully saturated rings. The van der Waals surface area contributed by atoms with E-state index >= 15 is 0 Å². The summed E-state index contributed by atoms with van der Waals surface area (Å²) >= 11 is 0. The second-order valence-corrected chi connectivity index (χ2v) is 10.8. The van der Waals surface area contributed by atoms with Gasteiger partial charge in [0, 0.05) is 29.6 Å². The maximum atomic E-state index is 14.1. The van der Waals surface area contributed by atoms with E-state index in [2.05, 4.69) is 9.88 Å². The van der Waals surface area contributed by atoms with Crippen LogP contribution in [0, 0.1) is 0 Å². The van der Waals surface area contributed by atoms with Crippen LogP contribution < -0.4 is 4.74 Å². The SMILES string of the molecule is COc1ccc2[nH]c3c(c2c1)C[C@@]1(C)C(=O)N(CCCN2CCCC2)CC(=O)N1[C@@H]3c1cccc(O)c1. The first-order valence-electron chi connectivity index (χ1n) is 13.2. The zero-order chi connectivity index (χ0) is 25.7. The molecule has 194 valence electrons. The molecule has 0 spiro atoms. The normalized spacial score (nSPS) is 24.0. The second-order valence-electron chi connectivity index (χ2n) is 10.8. The fourth-order valence-electron chi connectivity index (χ4n) is 6.57. The van der Waals surface area contributed by atoms with E-state index in [1.807, 2.05) is 31.2 Å². The molecule has 4 heterocycles. The third kappa shape index (κ3) is 3.94. The van der Waals surface area contributed by atoms with Crippen LogP contribution in [0.3, 0.4) is 0 Å². The minimum Gasteiger partial charge on any atom is -0.508 e. The highest BCUT2D eigenvalue weighted by Crippen LogP contribution is 2.47. The van der Waals surface area contributed by atoms with Gasteiger partial charge in [0.2, 0.25) is 11.8 Å². The average molecular weight is 503 g/mol. The number of nitrogens with one attached hydrogen (secondary N) is 1. The number of carbonyl (C=O) groups is 2. The van der Waals surface area contributed by atoms with Crippen LogP contribution in [0.1, 0.15) is 49.0 Å². The molecule has 0 aliphatic carbocycles. The standard InChI is InChI=1S/C29H34N4O4/c1-29-17-23-22-16-21(37-2)9-10-24(22)30-26(23)27(19-7-5-8-20(34)15-19)33(29)25(35)18-32(28(29)36)14-6-13-31-11-3-4-12-31/h5,7-10,15-16,27,30,34H,3-4,6,11-14,17-18H2,1-2H3/t27-,29+/m1/s1. The van der Waals surface area contributed by atoms with E-state index in [1.165, 1.54) is 12.8 Å². The number of phenolic OH excluding ortho intramolecular Hbond substituents is 1. The molecule has 3 aliphatic heterocycles. The molecule has 2 N–H and O–H groups in total. The van der Waals surface area contributed by atoms with Gasteiger partial charge in [-0.3, -0.25) is 9.59 Å². The van der Waals surface area contributed by atoms with E-state index in [0.717, 1.165) is 59.5 Å². The van der Waals surface area contributed by atoms with Crippen LogP contribution in [0.5, 0.6) is 11.5 Å². The lowest BCUT2D eigenvalue weighted by Crippen LogP contribution is -2.69. The maximum Gasteiger partial charge on any atom is 0.249 e. The molecule has 2 atom stereocenters. The van der Waals surface area contributed by atoms with E-state index in [1.54, 1.807) is 35.1 Å². The van der Waals surface area contributed by atoms with Crippen LogP contribution in [0.4, 0.5) is 0 Å². The van der Waals surface area contributed by atoms with Crippen molar-refractivity contribution in [2.24, 2.45) is 0 Å². The van der Waals surface area contributed by atoms with Crippen molar-refractivity contribution in [3.05, 3.63) is 59.3 Å². The lowest BCUT2D eigenvalue weighted by molar-refractivity contribution is -0.167. The molecule has 37 heavy (non-hydrogen) atoms. The monoisotopic (exact) mass is 502 g/mol. The van der Waals surface area contributed by atoms with Gasteiger partial charge >= 0.3 is 0 Å². The molecule has 0 bridgehead atoms. The zero-order valence-electron chi connectivity index (χ0n) is 21.5. The first-order valence-corrected chi connectivity index (χ1v) is 13.2. The Balaban J connectivity index is 1.41. The van der Waals surface area contributed by atoms with E-state index in [9.17, 15) is 14.7 Å². The highest BCUT2D eigenvalue weighted by molar-refractivity contribution is 6.00. The third-order valence-corrected chi connectivity index (χ3v) is 8.36. The minimum atomic E-state index is -1.04. The summed E-state index contributed by atoms with van der Waals surface area (Å²) in [5.74, 6) is 0.786. The summed E-state index contributed by atoms with van der Waals surface area (Å²) in [4.78, 5) is 37.4. The summed E-state index contributed by atoms with van der Waals surface area (Å²) in [7, 11) is 1.64. The van der Waals surface area contributed by atoms with E-state index in [4.69, 9.17) is 4.74 Å². The number of ether oxygens (including phenoxy) is 1. The Bertz CT molecular complexity index is 1360. The number of rotatable bonds is 6. The second kappa shape index (κ2) is 9.10. The Labute approximate surface area is 216 Å². The molecular weight excluding hydrogens is 468 g/mol. The molecule has 2 aromatic carbocycles. The van der Waals surface area contributed by atoms with Crippen LogP contribution in [0.2, 0.25) is 0 Å². The summed E-state index contributed by atoms with van der Waals surface area (Å²) in [5, 5.41) is 11.3. The number of H-pyrrole nitrogens is 1. The number of aromatic hydroxyl groups is 1. The predicted molar refractivity (Wildman–Crippen MR) is 141 cm³/mol. The summed E-state index contributed by atoms with van der Waals surface area (Å²) in [6, 6.07) is 12.4. The van der Waals surface area contributed by atoms with Crippen LogP contribution >= 0.6 is 0 Å². The number of fused-ring (bicyclic) bond motifs is 4. The molecule has 2 amide bonds. The van der Waals surface area contributed by atoms with Gasteiger partial charge in [0.1, 0.15) is 17.0 Å². The van der Waals surface area contributed by atoms with Gasteiger partial charge < -0.3 is 29.5 Å². The molecule has 3 aliphatic rings. The molecule has 2 saturated heterocycles. The Morgan fingerprint density at radius 1 is 1.11 bits per heavy atom. The molecule has 1 aromatic heterocycles. The van der Waals surface area contributed by atoms with Gasteiger partial charge in [-0.2, -0.15) is 0 Å². The summed E-state index contributed by atoms with van der Waals surface area (Å²) in [6.45, 7) is 5.75. The molecule has 8 nitrogen and oxygen atoms in total. The average Bonchev–Trinajstić information content (AvgIpc) is 3.53. The number of hydrogen-bond donors (Lipinski definition) is 2. The van der Waals surface area contributed by atoms with E-state index in [0.29, 0.717) is 13.0 Å².